The van der Waals surface area contributed by atoms with Gasteiger partial charge in [0.05, 0.1) is 0 Å². The molecule has 0 radical (unpaired) electrons. The summed E-state index contributed by atoms with van der Waals surface area (Å²) < 4.78 is 8.22. The fraction of sp³-hybridized carbons (Fsp3) is 0. The molecule has 1 rings (SSSR count). The molecule has 5 heavy (non-hydrogen) atoms. The van der Waals surface area contributed by atoms with E-state index in [-0.39, 0.29) is 0 Å². The molecule has 32 valence electrons. The molecule has 4 nitrogen and oxygen atoms in total. The van der Waals surface area contributed by atoms with Gasteiger partial charge in [-0.3, -0.25) is 0 Å². The molecule has 0 spiro atoms. The van der Waals surface area contributed by atoms with Gasteiger partial charge in [-0.05, 0) is 0 Å². The van der Waals surface area contributed by atoms with Gasteiger partial charge < -0.3 is 0 Å². The Bertz CT molecular complexity index is 15.2. The first-order valence-corrected chi connectivity index (χ1v) is 2.57. The van der Waals surface area contributed by atoms with Gasteiger partial charge in [-0.1, -0.05) is 0 Å². The summed E-state index contributed by atoms with van der Waals surface area (Å²) >= 11 is -0.702. The molecule has 0 N–H and O–H groups in total. The Hall–Kier alpha value is 0.570. The van der Waals surface area contributed by atoms with Gasteiger partial charge in [0.25, 0.3) is 0 Å². The number of hydrogen-bond donors (Lipinski definition) is 0. The Kier molecular flexibility index (Phi) is 1.41. The van der Waals surface area contributed by atoms with Crippen molar-refractivity contribution in [1.29, 1.82) is 0 Å². The maximum absolute atomic E-state index is 4.11. The Morgan fingerprint density at radius 2 is 1.60 bits per heavy atom. The van der Waals surface area contributed by atoms with Crippen LogP contribution in [0.25, 0.3) is 0 Å². The van der Waals surface area contributed by atoms with E-state index in [1.807, 2.05) is 0 Å². The van der Waals surface area contributed by atoms with Gasteiger partial charge in [-0.15, -0.1) is 0 Å². The second kappa shape index (κ2) is 1.88. The van der Waals surface area contributed by atoms with E-state index in [1.54, 1.807) is 0 Å². The summed E-state index contributed by atoms with van der Waals surface area (Å²) in [5.41, 5.74) is 0. The van der Waals surface area contributed by atoms with E-state index in [4.69, 9.17) is 0 Å². The zero-order valence-electron chi connectivity index (χ0n) is 2.01. The third-order valence-corrected chi connectivity index (χ3v) is 0.718. The molecule has 0 atom stereocenters. The first-order chi connectivity index (χ1) is 2.50. The quantitative estimate of drug-likeness (QED) is 0.297. The van der Waals surface area contributed by atoms with Gasteiger partial charge in [0, 0.05) is 0 Å². The summed E-state index contributed by atoms with van der Waals surface area (Å²) in [5.74, 6) is 0. The fourth-order valence-electron chi connectivity index (χ4n) is 0.0525. The van der Waals surface area contributed by atoms with Gasteiger partial charge in [0.15, 0.2) is 0 Å². The SMILES string of the molecule is O1OO[I-]O1. The molecule has 1 saturated heterocycles. The van der Waals surface area contributed by atoms with Crippen molar-refractivity contribution in [2.75, 3.05) is 0 Å². The third-order valence-electron chi connectivity index (χ3n) is 0.131. The number of halogens is 1. The molecule has 0 unspecified atom stereocenters. The summed E-state index contributed by atoms with van der Waals surface area (Å²) in [6, 6.07) is 0. The van der Waals surface area contributed by atoms with Crippen LogP contribution in [-0.4, -0.2) is 0 Å². The molecule has 0 aromatic heterocycles. The summed E-state index contributed by atoms with van der Waals surface area (Å²) in [7, 11) is 0. The van der Waals surface area contributed by atoms with Crippen LogP contribution >= 0.6 is 0 Å². The van der Waals surface area contributed by atoms with Crippen LogP contribution in [0.1, 0.15) is 0 Å². The van der Waals surface area contributed by atoms with E-state index in [1.165, 1.54) is 0 Å². The van der Waals surface area contributed by atoms with Crippen LogP contribution < -0.4 is 22.0 Å². The van der Waals surface area contributed by atoms with Gasteiger partial charge in [-0.25, -0.2) is 0 Å². The second-order valence-electron chi connectivity index (χ2n) is 0.325. The van der Waals surface area contributed by atoms with Crippen LogP contribution in [-0.2, 0) is 16.5 Å². The normalized spacial score (nSPS) is 25.6. The number of rotatable bonds is 0. The van der Waals surface area contributed by atoms with Crippen molar-refractivity contribution >= 4 is 0 Å². The van der Waals surface area contributed by atoms with Crippen LogP contribution in [0, 0.1) is 0 Å². The van der Waals surface area contributed by atoms with E-state index in [9.17, 15) is 0 Å². The van der Waals surface area contributed by atoms with Crippen molar-refractivity contribution in [2.45, 2.75) is 0 Å². The molecule has 1 heterocycles. The average molecular weight is 191 g/mol. The monoisotopic (exact) mass is 191 g/mol. The van der Waals surface area contributed by atoms with Gasteiger partial charge in [-0.2, -0.15) is 0 Å². The standard InChI is InChI=1S/IO4/c1-2-4-5-3-1/q-1. The molecule has 1 aliphatic rings. The predicted octanol–water partition coefficient (Wildman–Crippen LogP) is -3.27. The van der Waals surface area contributed by atoms with E-state index < -0.39 is 22.0 Å². The first-order valence-electron chi connectivity index (χ1n) is 0.809. The van der Waals surface area contributed by atoms with Gasteiger partial charge in [0.1, 0.15) is 0 Å². The van der Waals surface area contributed by atoms with E-state index >= 15 is 0 Å². The predicted molar refractivity (Wildman–Crippen MR) is 4.34 cm³/mol. The van der Waals surface area contributed by atoms with Crippen molar-refractivity contribution < 1.29 is 38.5 Å². The van der Waals surface area contributed by atoms with Crippen LogP contribution in [0.5, 0.6) is 0 Å². The Labute approximate surface area is 39.1 Å². The molecule has 0 aromatic rings. The first kappa shape index (κ1) is 3.75. The summed E-state index contributed by atoms with van der Waals surface area (Å²) in [5, 5.41) is 7.54. The van der Waals surface area contributed by atoms with Gasteiger partial charge >= 0.3 is 38.5 Å². The van der Waals surface area contributed by atoms with Crippen LogP contribution in [0.4, 0.5) is 0 Å². The summed E-state index contributed by atoms with van der Waals surface area (Å²) in [6.45, 7) is 0. The number of hydrogen-bond acceptors (Lipinski definition) is 4. The minimum atomic E-state index is -0.702. The van der Waals surface area contributed by atoms with E-state index in [0.29, 0.717) is 0 Å². The molecule has 0 aliphatic carbocycles. The van der Waals surface area contributed by atoms with E-state index in [0.717, 1.165) is 0 Å². The third kappa shape index (κ3) is 0.973. The van der Waals surface area contributed by atoms with E-state index in [2.05, 4.69) is 16.5 Å². The summed E-state index contributed by atoms with van der Waals surface area (Å²) in [4.78, 5) is 0. The topological polar surface area (TPSA) is 36.9 Å². The van der Waals surface area contributed by atoms with Crippen LogP contribution in [0.15, 0.2) is 0 Å². The van der Waals surface area contributed by atoms with Crippen molar-refractivity contribution in [3.63, 3.8) is 0 Å². The molecule has 1 aliphatic heterocycles. The average Bonchev–Trinajstić information content (AvgIpc) is 1.76. The van der Waals surface area contributed by atoms with Crippen molar-refractivity contribution in [1.82, 2.24) is 0 Å². The second-order valence-corrected chi connectivity index (χ2v) is 1.40. The molecular formula is IO4-. The van der Waals surface area contributed by atoms with Crippen molar-refractivity contribution in [3.8, 4) is 0 Å². The van der Waals surface area contributed by atoms with Crippen molar-refractivity contribution in [3.05, 3.63) is 0 Å². The minimum absolute atomic E-state index is 0.702. The molecule has 0 aromatic carbocycles. The fourth-order valence-corrected chi connectivity index (χ4v) is 0.352. The maximum atomic E-state index is 4.11. The van der Waals surface area contributed by atoms with Crippen LogP contribution in [0.2, 0.25) is 0 Å². The molecule has 0 saturated carbocycles. The Morgan fingerprint density at radius 3 is 1.80 bits per heavy atom. The van der Waals surface area contributed by atoms with Crippen molar-refractivity contribution in [2.24, 2.45) is 0 Å². The van der Waals surface area contributed by atoms with Crippen LogP contribution in [0.3, 0.4) is 0 Å². The molecule has 0 bridgehead atoms. The Morgan fingerprint density at radius 1 is 1.00 bits per heavy atom. The summed E-state index contributed by atoms with van der Waals surface area (Å²) in [6.07, 6.45) is 0. The molecule has 0 amide bonds. The molecule has 5 heteroatoms. The zero-order chi connectivity index (χ0) is 3.54. The van der Waals surface area contributed by atoms with Gasteiger partial charge in [0.2, 0.25) is 0 Å². The molecule has 1 fully saturated rings. The molecular weight excluding hydrogens is 191 g/mol. The zero-order valence-corrected chi connectivity index (χ0v) is 4.17. The Balaban J connectivity index is 2.08.